The third kappa shape index (κ3) is 2.98. The standard InChI is InChI=1S/C14H13N3O/c1-2-3-14(18)15-10-11-4-6-12(7-5-11)13-8-9-16-17-13/h4-9H,10H2,1H3,(H,15,18)(H,16,17). The maximum absolute atomic E-state index is 11.2. The molecular weight excluding hydrogens is 226 g/mol. The maximum Gasteiger partial charge on any atom is 0.296 e. The van der Waals surface area contributed by atoms with Crippen molar-refractivity contribution in [3.8, 4) is 23.1 Å². The van der Waals surface area contributed by atoms with Gasteiger partial charge in [0.2, 0.25) is 0 Å². The lowest BCUT2D eigenvalue weighted by Gasteiger charge is -2.03. The normalized spacial score (nSPS) is 9.39. The SMILES string of the molecule is CC#CC(=O)NCc1ccc(-c2ccn[nH]2)cc1. The summed E-state index contributed by atoms with van der Waals surface area (Å²) >= 11 is 0. The summed E-state index contributed by atoms with van der Waals surface area (Å²) in [7, 11) is 0. The largest absolute Gasteiger partial charge is 0.341 e. The van der Waals surface area contributed by atoms with Crippen LogP contribution in [0.25, 0.3) is 11.3 Å². The molecule has 2 aromatic rings. The molecule has 4 heteroatoms. The fourth-order valence-corrected chi connectivity index (χ4v) is 1.56. The highest BCUT2D eigenvalue weighted by molar-refractivity contribution is 5.93. The summed E-state index contributed by atoms with van der Waals surface area (Å²) in [4.78, 5) is 11.2. The van der Waals surface area contributed by atoms with Gasteiger partial charge in [0.15, 0.2) is 0 Å². The van der Waals surface area contributed by atoms with Crippen LogP contribution in [0.2, 0.25) is 0 Å². The van der Waals surface area contributed by atoms with E-state index in [0.717, 1.165) is 16.8 Å². The van der Waals surface area contributed by atoms with Gasteiger partial charge in [0.25, 0.3) is 5.91 Å². The van der Waals surface area contributed by atoms with Crippen LogP contribution in [0.3, 0.4) is 0 Å². The molecule has 0 bridgehead atoms. The lowest BCUT2D eigenvalue weighted by atomic mass is 10.1. The first-order chi connectivity index (χ1) is 8.79. The Balaban J connectivity index is 1.99. The van der Waals surface area contributed by atoms with Gasteiger partial charge in [-0.05, 0) is 30.0 Å². The molecule has 0 spiro atoms. The second-order valence-corrected chi connectivity index (χ2v) is 3.72. The summed E-state index contributed by atoms with van der Waals surface area (Å²) < 4.78 is 0. The van der Waals surface area contributed by atoms with Gasteiger partial charge in [0, 0.05) is 12.7 Å². The summed E-state index contributed by atoms with van der Waals surface area (Å²) in [5.74, 6) is 4.74. The van der Waals surface area contributed by atoms with Crippen LogP contribution in [0.4, 0.5) is 0 Å². The van der Waals surface area contributed by atoms with E-state index >= 15 is 0 Å². The fourth-order valence-electron chi connectivity index (χ4n) is 1.56. The number of rotatable bonds is 3. The summed E-state index contributed by atoms with van der Waals surface area (Å²) in [6.07, 6.45) is 1.72. The van der Waals surface area contributed by atoms with Crippen molar-refractivity contribution in [2.24, 2.45) is 0 Å². The molecule has 0 atom stereocenters. The average molecular weight is 239 g/mol. The number of nitrogens with one attached hydrogen (secondary N) is 2. The van der Waals surface area contributed by atoms with Crippen molar-refractivity contribution in [2.75, 3.05) is 0 Å². The Bertz CT molecular complexity index is 574. The molecule has 0 aliphatic carbocycles. The number of nitrogens with zero attached hydrogens (tertiary/aromatic N) is 1. The van der Waals surface area contributed by atoms with E-state index < -0.39 is 0 Å². The lowest BCUT2D eigenvalue weighted by Crippen LogP contribution is -2.20. The van der Waals surface area contributed by atoms with Gasteiger partial charge < -0.3 is 5.32 Å². The van der Waals surface area contributed by atoms with Crippen molar-refractivity contribution in [2.45, 2.75) is 13.5 Å². The summed E-state index contributed by atoms with van der Waals surface area (Å²) in [6, 6.07) is 9.82. The van der Waals surface area contributed by atoms with Crippen LogP contribution in [0.1, 0.15) is 12.5 Å². The van der Waals surface area contributed by atoms with Crippen molar-refractivity contribution < 1.29 is 4.79 Å². The molecule has 2 N–H and O–H groups in total. The molecule has 4 nitrogen and oxygen atoms in total. The van der Waals surface area contributed by atoms with Gasteiger partial charge in [0.05, 0.1) is 5.69 Å². The molecule has 1 aromatic carbocycles. The molecule has 0 saturated carbocycles. The first kappa shape index (κ1) is 11.9. The first-order valence-electron chi connectivity index (χ1n) is 5.59. The van der Waals surface area contributed by atoms with E-state index in [0.29, 0.717) is 6.54 Å². The zero-order chi connectivity index (χ0) is 12.8. The van der Waals surface area contributed by atoms with Gasteiger partial charge in [-0.2, -0.15) is 5.10 Å². The summed E-state index contributed by atoms with van der Waals surface area (Å²) in [5, 5.41) is 9.53. The van der Waals surface area contributed by atoms with Crippen molar-refractivity contribution in [3.05, 3.63) is 42.1 Å². The van der Waals surface area contributed by atoms with E-state index in [1.165, 1.54) is 0 Å². The quantitative estimate of drug-likeness (QED) is 0.801. The molecule has 0 fully saturated rings. The second kappa shape index (κ2) is 5.69. The fraction of sp³-hybridized carbons (Fsp3) is 0.143. The number of carbonyl (C=O) groups excluding carboxylic acids is 1. The molecule has 0 aliphatic rings. The Morgan fingerprint density at radius 1 is 1.33 bits per heavy atom. The molecule has 0 radical (unpaired) electrons. The minimum atomic E-state index is -0.254. The smallest absolute Gasteiger partial charge is 0.296 e. The number of aromatic amines is 1. The predicted molar refractivity (Wildman–Crippen MR) is 69.3 cm³/mol. The Hall–Kier alpha value is -2.54. The van der Waals surface area contributed by atoms with Crippen LogP contribution in [0.15, 0.2) is 36.5 Å². The monoisotopic (exact) mass is 239 g/mol. The molecule has 2 rings (SSSR count). The number of aromatic nitrogens is 2. The first-order valence-corrected chi connectivity index (χ1v) is 5.59. The van der Waals surface area contributed by atoms with Gasteiger partial charge in [-0.1, -0.05) is 30.2 Å². The molecule has 1 amide bonds. The van der Waals surface area contributed by atoms with E-state index in [-0.39, 0.29) is 5.91 Å². The van der Waals surface area contributed by atoms with E-state index in [9.17, 15) is 4.79 Å². The zero-order valence-electron chi connectivity index (χ0n) is 10.0. The van der Waals surface area contributed by atoms with Gasteiger partial charge >= 0.3 is 0 Å². The van der Waals surface area contributed by atoms with Crippen LogP contribution in [-0.2, 0) is 11.3 Å². The molecule has 1 heterocycles. The van der Waals surface area contributed by atoms with Gasteiger partial charge in [-0.3, -0.25) is 9.89 Å². The number of hydrogen-bond acceptors (Lipinski definition) is 2. The topological polar surface area (TPSA) is 57.8 Å². The van der Waals surface area contributed by atoms with Crippen LogP contribution in [-0.4, -0.2) is 16.1 Å². The molecule has 90 valence electrons. The summed E-state index contributed by atoms with van der Waals surface area (Å²) in [6.45, 7) is 2.12. The molecule has 1 aromatic heterocycles. The Kier molecular flexibility index (Phi) is 3.77. The Morgan fingerprint density at radius 3 is 2.72 bits per heavy atom. The van der Waals surface area contributed by atoms with Gasteiger partial charge in [0.1, 0.15) is 0 Å². The molecular formula is C14H13N3O. The lowest BCUT2D eigenvalue weighted by molar-refractivity contribution is -0.115. The van der Waals surface area contributed by atoms with Crippen molar-refractivity contribution >= 4 is 5.91 Å². The van der Waals surface area contributed by atoms with E-state index in [4.69, 9.17) is 0 Å². The van der Waals surface area contributed by atoms with Crippen molar-refractivity contribution in [3.63, 3.8) is 0 Å². The minimum absolute atomic E-state index is 0.254. The zero-order valence-corrected chi connectivity index (χ0v) is 10.0. The predicted octanol–water partition coefficient (Wildman–Crippen LogP) is 1.72. The highest BCUT2D eigenvalue weighted by Gasteiger charge is 2.00. The third-order valence-electron chi connectivity index (χ3n) is 2.46. The maximum atomic E-state index is 11.2. The molecule has 18 heavy (non-hydrogen) atoms. The molecule has 0 unspecified atom stereocenters. The summed E-state index contributed by atoms with van der Waals surface area (Å²) in [5.41, 5.74) is 3.07. The van der Waals surface area contributed by atoms with E-state index in [1.807, 2.05) is 30.3 Å². The molecule has 0 saturated heterocycles. The molecule has 0 aliphatic heterocycles. The van der Waals surface area contributed by atoms with Gasteiger partial charge in [-0.15, -0.1) is 0 Å². The average Bonchev–Trinajstić information content (AvgIpc) is 2.91. The number of carbonyl (C=O) groups is 1. The van der Waals surface area contributed by atoms with Gasteiger partial charge in [-0.25, -0.2) is 0 Å². The highest BCUT2D eigenvalue weighted by atomic mass is 16.1. The van der Waals surface area contributed by atoms with Crippen LogP contribution in [0.5, 0.6) is 0 Å². The Labute approximate surface area is 105 Å². The number of amides is 1. The second-order valence-electron chi connectivity index (χ2n) is 3.72. The number of H-pyrrole nitrogens is 1. The van der Waals surface area contributed by atoms with Crippen molar-refractivity contribution in [1.29, 1.82) is 0 Å². The number of benzene rings is 1. The van der Waals surface area contributed by atoms with Crippen LogP contribution >= 0.6 is 0 Å². The van der Waals surface area contributed by atoms with Crippen molar-refractivity contribution in [1.82, 2.24) is 15.5 Å². The van der Waals surface area contributed by atoms with E-state index in [1.54, 1.807) is 13.1 Å². The Morgan fingerprint density at radius 2 is 2.11 bits per heavy atom. The minimum Gasteiger partial charge on any atom is -0.341 e. The van der Waals surface area contributed by atoms with E-state index in [2.05, 4.69) is 27.4 Å². The third-order valence-corrected chi connectivity index (χ3v) is 2.46. The highest BCUT2D eigenvalue weighted by Crippen LogP contribution is 2.16. The number of hydrogen-bond donors (Lipinski definition) is 2. The van der Waals surface area contributed by atoms with Crippen LogP contribution < -0.4 is 5.32 Å². The van der Waals surface area contributed by atoms with Crippen LogP contribution in [0, 0.1) is 11.8 Å².